The van der Waals surface area contributed by atoms with E-state index in [1.807, 2.05) is 30.3 Å². The van der Waals surface area contributed by atoms with Crippen LogP contribution in [-0.4, -0.2) is 20.3 Å². The quantitative estimate of drug-likeness (QED) is 0.633. The molecule has 0 aliphatic heterocycles. The smallest absolute Gasteiger partial charge is 0.335 e. The number of hydrogen-bond donors (Lipinski definition) is 3. The van der Waals surface area contributed by atoms with Crippen molar-refractivity contribution in [2.45, 2.75) is 15.6 Å². The summed E-state index contributed by atoms with van der Waals surface area (Å²) in [6, 6.07) is 13.6. The minimum Gasteiger partial charge on any atom is -0.478 e. The summed E-state index contributed by atoms with van der Waals surface area (Å²) in [5.41, 5.74) is 6.89. The van der Waals surface area contributed by atoms with Gasteiger partial charge in [0, 0.05) is 6.54 Å². The predicted octanol–water partition coefficient (Wildman–Crippen LogP) is 3.43. The van der Waals surface area contributed by atoms with E-state index in [0.29, 0.717) is 10.6 Å². The number of benzene rings is 2. The highest BCUT2D eigenvalue weighted by Crippen LogP contribution is 2.31. The molecule has 6 nitrogen and oxygen atoms in total. The van der Waals surface area contributed by atoms with Gasteiger partial charge in [-0.15, -0.1) is 11.3 Å². The molecule has 1 unspecified atom stereocenters. The molecule has 3 rings (SSSR count). The van der Waals surface area contributed by atoms with Gasteiger partial charge in [-0.2, -0.15) is 0 Å². The van der Waals surface area contributed by atoms with Gasteiger partial charge >= 0.3 is 5.97 Å². The highest BCUT2D eigenvalue weighted by molar-refractivity contribution is 7.94. The van der Waals surface area contributed by atoms with Crippen molar-refractivity contribution in [2.75, 3.05) is 0 Å². The second-order valence-corrected chi connectivity index (χ2v) is 8.65. The molecule has 1 heterocycles. The topological polar surface area (TPSA) is 117 Å². The van der Waals surface area contributed by atoms with E-state index in [9.17, 15) is 14.1 Å². The van der Waals surface area contributed by atoms with E-state index < -0.39 is 15.7 Å². The molecule has 128 valence electrons. The number of aromatic nitrogens is 1. The Morgan fingerprint density at radius 1 is 1.20 bits per heavy atom. The summed E-state index contributed by atoms with van der Waals surface area (Å²) in [5, 5.41) is 9.96. The monoisotopic (exact) mass is 373 g/mol. The Labute approximate surface area is 148 Å². The van der Waals surface area contributed by atoms with E-state index in [-0.39, 0.29) is 21.2 Å². The lowest BCUT2D eigenvalue weighted by atomic mass is 10.0. The van der Waals surface area contributed by atoms with Crippen LogP contribution in [0.25, 0.3) is 11.1 Å². The SMILES string of the molecule is N=S(=O)(c1cc(C(=O)O)cc(-c2ccccc2)c1)c1cnc(CN)s1. The van der Waals surface area contributed by atoms with Crippen LogP contribution in [0.3, 0.4) is 0 Å². The predicted molar refractivity (Wildman–Crippen MR) is 96.2 cm³/mol. The molecule has 4 N–H and O–H groups in total. The Bertz CT molecular complexity index is 1030. The zero-order valence-electron chi connectivity index (χ0n) is 13.0. The van der Waals surface area contributed by atoms with Crippen LogP contribution in [0.15, 0.2) is 63.8 Å². The molecule has 1 aromatic heterocycles. The van der Waals surface area contributed by atoms with Crippen molar-refractivity contribution in [3.8, 4) is 11.1 Å². The van der Waals surface area contributed by atoms with Crippen molar-refractivity contribution in [3.05, 3.63) is 65.3 Å². The number of thiazole rings is 1. The van der Waals surface area contributed by atoms with Gasteiger partial charge in [0.15, 0.2) is 0 Å². The molecule has 0 aliphatic rings. The summed E-state index contributed by atoms with van der Waals surface area (Å²) in [7, 11) is -3.38. The Morgan fingerprint density at radius 3 is 2.52 bits per heavy atom. The molecule has 0 spiro atoms. The normalized spacial score (nSPS) is 13.3. The van der Waals surface area contributed by atoms with E-state index in [4.69, 9.17) is 10.5 Å². The molecule has 2 aromatic carbocycles. The minimum absolute atomic E-state index is 0.0140. The van der Waals surface area contributed by atoms with Gasteiger partial charge in [0.25, 0.3) is 0 Å². The number of nitrogens with zero attached hydrogens (tertiary/aromatic N) is 1. The van der Waals surface area contributed by atoms with Crippen LogP contribution in [0.2, 0.25) is 0 Å². The molecule has 0 saturated heterocycles. The Hall–Kier alpha value is -2.55. The second kappa shape index (κ2) is 6.75. The van der Waals surface area contributed by atoms with Gasteiger partial charge in [0.1, 0.15) is 18.9 Å². The van der Waals surface area contributed by atoms with Gasteiger partial charge in [-0.3, -0.25) is 0 Å². The molecule has 0 aliphatic carbocycles. The lowest BCUT2D eigenvalue weighted by Gasteiger charge is -2.10. The van der Waals surface area contributed by atoms with Crippen LogP contribution in [0.4, 0.5) is 0 Å². The van der Waals surface area contributed by atoms with Gasteiger partial charge < -0.3 is 10.8 Å². The summed E-state index contributed by atoms with van der Waals surface area (Å²) in [6.45, 7) is 0.199. The van der Waals surface area contributed by atoms with Gasteiger partial charge in [0.05, 0.1) is 16.7 Å². The number of carbonyl (C=O) groups is 1. The van der Waals surface area contributed by atoms with Crippen molar-refractivity contribution in [1.82, 2.24) is 4.98 Å². The van der Waals surface area contributed by atoms with E-state index in [1.54, 1.807) is 6.07 Å². The largest absolute Gasteiger partial charge is 0.478 e. The fourth-order valence-corrected chi connectivity index (χ4v) is 4.92. The summed E-state index contributed by atoms with van der Waals surface area (Å²) in [6.07, 6.45) is 1.37. The van der Waals surface area contributed by atoms with Crippen molar-refractivity contribution in [2.24, 2.45) is 5.73 Å². The number of nitrogens with one attached hydrogen (secondary N) is 1. The number of nitrogens with two attached hydrogens (primary N) is 1. The van der Waals surface area contributed by atoms with Crippen molar-refractivity contribution >= 4 is 27.0 Å². The average molecular weight is 373 g/mol. The third-order valence-electron chi connectivity index (χ3n) is 3.58. The average Bonchev–Trinajstić information content (AvgIpc) is 3.12. The van der Waals surface area contributed by atoms with Gasteiger partial charge in [-0.1, -0.05) is 30.3 Å². The summed E-state index contributed by atoms with van der Waals surface area (Å²) in [5.74, 6) is -1.14. The first-order valence-corrected chi connectivity index (χ1v) is 9.66. The second-order valence-electron chi connectivity index (χ2n) is 5.25. The molecule has 3 aromatic rings. The van der Waals surface area contributed by atoms with E-state index in [2.05, 4.69) is 4.98 Å². The first-order valence-electron chi connectivity index (χ1n) is 7.29. The Kier molecular flexibility index (Phi) is 4.67. The van der Waals surface area contributed by atoms with Crippen LogP contribution in [-0.2, 0) is 16.3 Å². The summed E-state index contributed by atoms with van der Waals surface area (Å²) in [4.78, 5) is 15.7. The number of hydrogen-bond acceptors (Lipinski definition) is 6. The molecule has 1 atom stereocenters. The lowest BCUT2D eigenvalue weighted by Crippen LogP contribution is -2.03. The molecule has 0 bridgehead atoms. The summed E-state index contributed by atoms with van der Waals surface area (Å²) < 4.78 is 21.7. The maximum atomic E-state index is 13.1. The highest BCUT2D eigenvalue weighted by Gasteiger charge is 2.20. The van der Waals surface area contributed by atoms with Crippen LogP contribution in [0, 0.1) is 4.78 Å². The van der Waals surface area contributed by atoms with Gasteiger partial charge in [0.2, 0.25) is 0 Å². The Morgan fingerprint density at radius 2 is 1.92 bits per heavy atom. The van der Waals surface area contributed by atoms with E-state index in [1.165, 1.54) is 18.3 Å². The Balaban J connectivity index is 2.18. The minimum atomic E-state index is -3.38. The number of carboxylic acid groups (broad SMARTS) is 1. The first-order chi connectivity index (χ1) is 11.9. The zero-order valence-corrected chi connectivity index (χ0v) is 14.6. The molecule has 0 radical (unpaired) electrons. The first kappa shape index (κ1) is 17.3. The number of rotatable bonds is 5. The van der Waals surface area contributed by atoms with Crippen LogP contribution < -0.4 is 5.73 Å². The summed E-state index contributed by atoms with van der Waals surface area (Å²) >= 11 is 1.10. The molecule has 0 amide bonds. The van der Waals surface area contributed by atoms with Crippen molar-refractivity contribution in [1.29, 1.82) is 4.78 Å². The third kappa shape index (κ3) is 3.46. The maximum Gasteiger partial charge on any atom is 0.335 e. The molecule has 0 saturated carbocycles. The maximum absolute atomic E-state index is 13.1. The molecular weight excluding hydrogens is 358 g/mol. The molecular formula is C17H15N3O3S2. The van der Waals surface area contributed by atoms with Crippen molar-refractivity contribution < 1.29 is 14.1 Å². The number of carboxylic acids is 1. The van der Waals surface area contributed by atoms with Crippen molar-refractivity contribution in [3.63, 3.8) is 0 Å². The lowest BCUT2D eigenvalue weighted by molar-refractivity contribution is 0.0696. The van der Waals surface area contributed by atoms with Gasteiger partial charge in [-0.25, -0.2) is 18.8 Å². The van der Waals surface area contributed by atoms with Crippen LogP contribution >= 0.6 is 11.3 Å². The highest BCUT2D eigenvalue weighted by atomic mass is 32.2. The molecule has 25 heavy (non-hydrogen) atoms. The van der Waals surface area contributed by atoms with Crippen LogP contribution in [0.5, 0.6) is 0 Å². The molecule has 0 fully saturated rings. The zero-order chi connectivity index (χ0) is 18.0. The van der Waals surface area contributed by atoms with Crippen LogP contribution in [0.1, 0.15) is 15.4 Å². The number of aromatic carboxylic acids is 1. The van der Waals surface area contributed by atoms with E-state index >= 15 is 0 Å². The molecule has 8 heteroatoms. The van der Waals surface area contributed by atoms with E-state index in [0.717, 1.165) is 16.9 Å². The fourth-order valence-electron chi connectivity index (χ4n) is 2.32. The third-order valence-corrected chi connectivity index (χ3v) is 6.92. The fraction of sp³-hybridized carbons (Fsp3) is 0.0588. The standard InChI is InChI=1S/C17H15N3O3S2/c18-9-15-20-10-16(24-15)25(19,23)14-7-12(6-13(8-14)17(21)22)11-4-2-1-3-5-11/h1-8,10,19H,9,18H2,(H,21,22). The van der Waals surface area contributed by atoms with Gasteiger partial charge in [-0.05, 0) is 29.3 Å².